The van der Waals surface area contributed by atoms with Crippen molar-refractivity contribution < 1.29 is 19.1 Å². The lowest BCUT2D eigenvalue weighted by Gasteiger charge is -2.33. The Labute approximate surface area is 154 Å². The first-order valence-corrected chi connectivity index (χ1v) is 9.22. The van der Waals surface area contributed by atoms with E-state index in [1.165, 1.54) is 11.3 Å². The van der Waals surface area contributed by atoms with E-state index in [0.717, 1.165) is 0 Å². The maximum atomic E-state index is 12.0. The molecule has 0 aromatic carbocycles. The van der Waals surface area contributed by atoms with Crippen molar-refractivity contribution in [1.29, 1.82) is 0 Å². The van der Waals surface area contributed by atoms with Gasteiger partial charge in [-0.25, -0.2) is 9.97 Å². The van der Waals surface area contributed by atoms with Crippen LogP contribution in [0.4, 0.5) is 6.01 Å². The van der Waals surface area contributed by atoms with E-state index in [1.807, 2.05) is 18.7 Å². The number of hydrogen-bond donors (Lipinski definition) is 2. The molecule has 3 heterocycles. The fourth-order valence-electron chi connectivity index (χ4n) is 2.59. The van der Waals surface area contributed by atoms with Crippen LogP contribution in [0, 0.1) is 0 Å². The molecule has 0 saturated carbocycles. The van der Waals surface area contributed by atoms with E-state index < -0.39 is 6.61 Å². The standard InChI is InChI=1S/C16H21N5O4S/c1-10(2)18-14(24)15-19-11(9-26-15)12-7-17-16(25-12)21-5-3-20(4-6-21)13(23)8-22/h7,9-10,22H,3-6,8H2,1-2H3,(H,18,24). The molecule has 9 nitrogen and oxygen atoms in total. The SMILES string of the molecule is CC(C)NC(=O)c1nc(-c2cnc(N3CCN(C(=O)CO)CC3)o2)cs1. The van der Waals surface area contributed by atoms with Crippen LogP contribution in [0.2, 0.25) is 0 Å². The summed E-state index contributed by atoms with van der Waals surface area (Å²) in [4.78, 5) is 35.6. The molecule has 1 saturated heterocycles. The van der Waals surface area contributed by atoms with Crippen LogP contribution in [0.15, 0.2) is 16.0 Å². The summed E-state index contributed by atoms with van der Waals surface area (Å²) in [7, 11) is 0. The predicted molar refractivity (Wildman–Crippen MR) is 96.1 cm³/mol. The molecule has 10 heteroatoms. The van der Waals surface area contributed by atoms with E-state index in [2.05, 4.69) is 15.3 Å². The zero-order valence-corrected chi connectivity index (χ0v) is 15.5. The van der Waals surface area contributed by atoms with E-state index in [-0.39, 0.29) is 17.9 Å². The van der Waals surface area contributed by atoms with Crippen molar-refractivity contribution in [3.63, 3.8) is 0 Å². The Morgan fingerprint density at radius 1 is 1.35 bits per heavy atom. The van der Waals surface area contributed by atoms with Gasteiger partial charge in [-0.05, 0) is 13.8 Å². The van der Waals surface area contributed by atoms with Crippen molar-refractivity contribution in [3.05, 3.63) is 16.6 Å². The van der Waals surface area contributed by atoms with Gasteiger partial charge in [0.2, 0.25) is 5.91 Å². The molecule has 1 aliphatic rings. The summed E-state index contributed by atoms with van der Waals surface area (Å²) in [5, 5.41) is 13.9. The number of carbonyl (C=O) groups is 2. The number of nitrogens with zero attached hydrogens (tertiary/aromatic N) is 4. The van der Waals surface area contributed by atoms with E-state index in [9.17, 15) is 9.59 Å². The normalized spacial score (nSPS) is 14.8. The smallest absolute Gasteiger partial charge is 0.297 e. The lowest BCUT2D eigenvalue weighted by Crippen LogP contribution is -2.49. The molecule has 26 heavy (non-hydrogen) atoms. The van der Waals surface area contributed by atoms with Crippen molar-refractivity contribution in [3.8, 4) is 11.5 Å². The number of aromatic nitrogens is 2. The van der Waals surface area contributed by atoms with Crippen LogP contribution in [-0.4, -0.2) is 70.6 Å². The molecular weight excluding hydrogens is 358 g/mol. The van der Waals surface area contributed by atoms with Crippen LogP contribution in [0.1, 0.15) is 23.6 Å². The Hall–Kier alpha value is -2.46. The zero-order valence-electron chi connectivity index (χ0n) is 14.6. The van der Waals surface area contributed by atoms with Gasteiger partial charge in [0.05, 0.1) is 6.20 Å². The minimum atomic E-state index is -0.473. The van der Waals surface area contributed by atoms with Gasteiger partial charge in [-0.15, -0.1) is 11.3 Å². The summed E-state index contributed by atoms with van der Waals surface area (Å²) < 4.78 is 5.78. The highest BCUT2D eigenvalue weighted by Gasteiger charge is 2.24. The molecule has 2 aromatic rings. The van der Waals surface area contributed by atoms with Gasteiger partial charge in [0, 0.05) is 37.6 Å². The molecule has 3 rings (SSSR count). The van der Waals surface area contributed by atoms with E-state index >= 15 is 0 Å². The second-order valence-electron chi connectivity index (χ2n) is 6.20. The van der Waals surface area contributed by atoms with E-state index in [1.54, 1.807) is 16.5 Å². The van der Waals surface area contributed by atoms with Gasteiger partial charge in [0.15, 0.2) is 10.8 Å². The number of rotatable bonds is 5. The fourth-order valence-corrected chi connectivity index (χ4v) is 3.30. The minimum absolute atomic E-state index is 0.0446. The Kier molecular flexibility index (Phi) is 5.52. The van der Waals surface area contributed by atoms with Crippen LogP contribution >= 0.6 is 11.3 Å². The third-order valence-electron chi connectivity index (χ3n) is 3.90. The Bertz CT molecular complexity index is 779. The lowest BCUT2D eigenvalue weighted by molar-refractivity contribution is -0.134. The van der Waals surface area contributed by atoms with Crippen molar-refractivity contribution in [1.82, 2.24) is 20.2 Å². The van der Waals surface area contributed by atoms with E-state index in [0.29, 0.717) is 48.7 Å². The number of anilines is 1. The molecule has 1 aliphatic heterocycles. The van der Waals surface area contributed by atoms with Crippen molar-refractivity contribution in [2.45, 2.75) is 19.9 Å². The quantitative estimate of drug-likeness (QED) is 0.781. The minimum Gasteiger partial charge on any atom is -0.422 e. The van der Waals surface area contributed by atoms with Gasteiger partial charge < -0.3 is 24.6 Å². The number of amides is 2. The number of thiazole rings is 1. The zero-order chi connectivity index (χ0) is 18.7. The van der Waals surface area contributed by atoms with E-state index in [4.69, 9.17) is 9.52 Å². The highest BCUT2D eigenvalue weighted by Crippen LogP contribution is 2.26. The van der Waals surface area contributed by atoms with Gasteiger partial charge >= 0.3 is 0 Å². The first kappa shape index (κ1) is 18.3. The Morgan fingerprint density at radius 2 is 2.08 bits per heavy atom. The first-order valence-electron chi connectivity index (χ1n) is 8.34. The van der Waals surface area contributed by atoms with Gasteiger partial charge in [-0.2, -0.15) is 0 Å². The molecule has 0 unspecified atom stereocenters. The van der Waals surface area contributed by atoms with Crippen molar-refractivity contribution >= 4 is 29.2 Å². The van der Waals surface area contributed by atoms with Crippen LogP contribution in [0.5, 0.6) is 0 Å². The van der Waals surface area contributed by atoms with Crippen molar-refractivity contribution in [2.75, 3.05) is 37.7 Å². The molecule has 2 N–H and O–H groups in total. The molecule has 2 amide bonds. The number of hydrogen-bond acceptors (Lipinski definition) is 8. The number of aliphatic hydroxyl groups excluding tert-OH is 1. The third kappa shape index (κ3) is 4.02. The maximum absolute atomic E-state index is 12.0. The number of nitrogens with one attached hydrogen (secondary N) is 1. The van der Waals surface area contributed by atoms with Gasteiger partial charge in [-0.3, -0.25) is 9.59 Å². The Morgan fingerprint density at radius 3 is 2.73 bits per heavy atom. The summed E-state index contributed by atoms with van der Waals surface area (Å²) in [6, 6.07) is 0.500. The summed E-state index contributed by atoms with van der Waals surface area (Å²) in [5.74, 6) is 0.0155. The van der Waals surface area contributed by atoms with Gasteiger partial charge in [0.25, 0.3) is 11.9 Å². The monoisotopic (exact) mass is 379 g/mol. The number of oxazole rings is 1. The molecule has 140 valence electrons. The average Bonchev–Trinajstić information content (AvgIpc) is 3.30. The van der Waals surface area contributed by atoms with Crippen LogP contribution in [0.3, 0.4) is 0 Å². The maximum Gasteiger partial charge on any atom is 0.297 e. The molecule has 2 aromatic heterocycles. The van der Waals surface area contributed by atoms with Crippen molar-refractivity contribution in [2.24, 2.45) is 0 Å². The highest BCUT2D eigenvalue weighted by atomic mass is 32.1. The molecule has 0 atom stereocenters. The summed E-state index contributed by atoms with van der Waals surface area (Å²) in [6.07, 6.45) is 1.58. The molecule has 0 aliphatic carbocycles. The highest BCUT2D eigenvalue weighted by molar-refractivity contribution is 7.12. The van der Waals surface area contributed by atoms with Crippen LogP contribution in [-0.2, 0) is 4.79 Å². The fraction of sp³-hybridized carbons (Fsp3) is 0.500. The summed E-state index contributed by atoms with van der Waals surface area (Å²) in [5.41, 5.74) is 0.566. The first-order chi connectivity index (χ1) is 12.5. The topological polar surface area (TPSA) is 112 Å². The van der Waals surface area contributed by atoms with Crippen LogP contribution < -0.4 is 10.2 Å². The average molecular weight is 379 g/mol. The third-order valence-corrected chi connectivity index (χ3v) is 4.74. The molecule has 0 radical (unpaired) electrons. The predicted octanol–water partition coefficient (Wildman–Crippen LogP) is 0.577. The number of piperazine rings is 1. The molecule has 0 spiro atoms. The molecule has 1 fully saturated rings. The molecule has 0 bridgehead atoms. The number of aliphatic hydroxyl groups is 1. The second kappa shape index (κ2) is 7.83. The van der Waals surface area contributed by atoms with Gasteiger partial charge in [0.1, 0.15) is 12.3 Å². The molecular formula is C16H21N5O4S. The lowest BCUT2D eigenvalue weighted by atomic mass is 10.3. The second-order valence-corrected chi connectivity index (χ2v) is 7.06. The largest absolute Gasteiger partial charge is 0.422 e. The Balaban J connectivity index is 1.65. The number of carbonyl (C=O) groups excluding carboxylic acids is 2. The van der Waals surface area contributed by atoms with Crippen LogP contribution in [0.25, 0.3) is 11.5 Å². The summed E-state index contributed by atoms with van der Waals surface area (Å²) in [6.45, 7) is 5.47. The van der Waals surface area contributed by atoms with Gasteiger partial charge in [-0.1, -0.05) is 0 Å². The summed E-state index contributed by atoms with van der Waals surface area (Å²) >= 11 is 1.25.